The van der Waals surface area contributed by atoms with Gasteiger partial charge in [0.2, 0.25) is 0 Å². The highest BCUT2D eigenvalue weighted by atomic mass is 15.2. The first kappa shape index (κ1) is 18.2. The lowest BCUT2D eigenvalue weighted by molar-refractivity contribution is 0.105. The summed E-state index contributed by atoms with van der Waals surface area (Å²) in [6.07, 6.45) is 8.54. The van der Waals surface area contributed by atoms with E-state index in [2.05, 4.69) is 35.6 Å². The van der Waals surface area contributed by atoms with Crippen molar-refractivity contribution >= 4 is 0 Å². The molecule has 0 bridgehead atoms. The largest absolute Gasteiger partial charge is 0.304 e. The van der Waals surface area contributed by atoms with Crippen molar-refractivity contribution in [2.75, 3.05) is 59.4 Å². The van der Waals surface area contributed by atoms with Crippen LogP contribution in [-0.2, 0) is 0 Å². The zero-order valence-electron chi connectivity index (χ0n) is 15.4. The van der Waals surface area contributed by atoms with E-state index in [9.17, 15) is 0 Å². The summed E-state index contributed by atoms with van der Waals surface area (Å²) < 4.78 is 0. The lowest BCUT2D eigenvalue weighted by Gasteiger charge is -2.38. The fourth-order valence-electron chi connectivity index (χ4n) is 3.85. The second-order valence-electron chi connectivity index (χ2n) is 8.13. The molecule has 3 nitrogen and oxygen atoms in total. The zero-order valence-corrected chi connectivity index (χ0v) is 15.4. The van der Waals surface area contributed by atoms with Crippen molar-refractivity contribution in [1.29, 1.82) is 0 Å². The highest BCUT2D eigenvalue weighted by Gasteiger charge is 2.22. The number of piperidine rings is 1. The number of hydrogen-bond donors (Lipinski definition) is 0. The van der Waals surface area contributed by atoms with Crippen molar-refractivity contribution in [3.8, 4) is 0 Å². The van der Waals surface area contributed by atoms with E-state index in [1.54, 1.807) is 0 Å². The molecule has 0 unspecified atom stereocenters. The van der Waals surface area contributed by atoms with Gasteiger partial charge in [0.25, 0.3) is 0 Å². The first-order valence-electron chi connectivity index (χ1n) is 9.76. The van der Waals surface area contributed by atoms with E-state index in [1.807, 2.05) is 0 Å². The highest BCUT2D eigenvalue weighted by Crippen LogP contribution is 2.20. The Labute approximate surface area is 139 Å². The quantitative estimate of drug-likeness (QED) is 0.638. The molecular weight excluding hydrogens is 270 g/mol. The monoisotopic (exact) mass is 309 g/mol. The average molecular weight is 310 g/mol. The number of hydrogen-bond acceptors (Lipinski definition) is 3. The van der Waals surface area contributed by atoms with Crippen molar-refractivity contribution < 1.29 is 0 Å². The highest BCUT2D eigenvalue weighted by molar-refractivity contribution is 4.77. The van der Waals surface area contributed by atoms with Crippen LogP contribution in [0.25, 0.3) is 0 Å². The number of nitrogens with zero attached hydrogens (tertiary/aromatic N) is 3. The third kappa shape index (κ3) is 6.97. The topological polar surface area (TPSA) is 9.72 Å². The van der Waals surface area contributed by atoms with E-state index < -0.39 is 0 Å². The number of unbranched alkanes of at least 4 members (excludes halogenated alkanes) is 2. The summed E-state index contributed by atoms with van der Waals surface area (Å²) in [5, 5.41) is 0. The van der Waals surface area contributed by atoms with Crippen molar-refractivity contribution in [2.24, 2.45) is 11.8 Å². The molecule has 2 saturated heterocycles. The van der Waals surface area contributed by atoms with Gasteiger partial charge in [-0.1, -0.05) is 33.1 Å². The number of likely N-dealkylation sites (N-methyl/N-ethyl adjacent to an activating group) is 1. The molecule has 0 spiro atoms. The molecule has 0 aromatic rings. The Hall–Kier alpha value is -0.120. The maximum atomic E-state index is 2.72. The molecule has 0 aromatic carbocycles. The smallest absolute Gasteiger partial charge is 0.0110 e. The predicted molar refractivity (Wildman–Crippen MR) is 96.4 cm³/mol. The molecule has 2 fully saturated rings. The minimum Gasteiger partial charge on any atom is -0.304 e. The second-order valence-corrected chi connectivity index (χ2v) is 8.13. The maximum Gasteiger partial charge on any atom is 0.0110 e. The van der Waals surface area contributed by atoms with Crippen molar-refractivity contribution in [3.63, 3.8) is 0 Å². The molecule has 3 heteroatoms. The number of piperazine rings is 1. The minimum absolute atomic E-state index is 0.880. The van der Waals surface area contributed by atoms with Gasteiger partial charge in [0.15, 0.2) is 0 Å². The molecule has 0 saturated carbocycles. The van der Waals surface area contributed by atoms with Crippen LogP contribution in [0.4, 0.5) is 0 Å². The summed E-state index contributed by atoms with van der Waals surface area (Å²) in [4.78, 5) is 7.88. The van der Waals surface area contributed by atoms with Gasteiger partial charge in [-0.15, -0.1) is 0 Å². The third-order valence-electron chi connectivity index (χ3n) is 5.58. The SMILES string of the molecule is CC(C)CCCCCN1CCC(CN2CCN(C)CC2)CC1. The summed E-state index contributed by atoms with van der Waals surface area (Å²) in [5.74, 6) is 1.84. The molecular formula is C19H39N3. The van der Waals surface area contributed by atoms with E-state index >= 15 is 0 Å². The molecule has 0 amide bonds. The van der Waals surface area contributed by atoms with Gasteiger partial charge in [-0.25, -0.2) is 0 Å². The molecule has 22 heavy (non-hydrogen) atoms. The number of rotatable bonds is 8. The van der Waals surface area contributed by atoms with Gasteiger partial charge in [0.1, 0.15) is 0 Å². The van der Waals surface area contributed by atoms with Crippen molar-refractivity contribution in [3.05, 3.63) is 0 Å². The molecule has 2 heterocycles. The molecule has 130 valence electrons. The van der Waals surface area contributed by atoms with Crippen LogP contribution in [0.2, 0.25) is 0 Å². The summed E-state index contributed by atoms with van der Waals surface area (Å²) in [7, 11) is 2.25. The lowest BCUT2D eigenvalue weighted by atomic mass is 9.95. The van der Waals surface area contributed by atoms with E-state index in [4.69, 9.17) is 0 Å². The Morgan fingerprint density at radius 1 is 0.818 bits per heavy atom. The van der Waals surface area contributed by atoms with Crippen molar-refractivity contribution in [2.45, 2.75) is 52.4 Å². The van der Waals surface area contributed by atoms with E-state index in [1.165, 1.54) is 90.9 Å². The molecule has 0 aliphatic carbocycles. The normalized spacial score (nSPS) is 23.5. The first-order chi connectivity index (χ1) is 10.6. The molecule has 0 N–H and O–H groups in total. The molecule has 2 aliphatic heterocycles. The summed E-state index contributed by atoms with van der Waals surface area (Å²) in [5.41, 5.74) is 0. The van der Waals surface area contributed by atoms with Crippen molar-refractivity contribution in [1.82, 2.24) is 14.7 Å². The third-order valence-corrected chi connectivity index (χ3v) is 5.58. The zero-order chi connectivity index (χ0) is 15.8. The maximum absolute atomic E-state index is 2.72. The molecule has 0 radical (unpaired) electrons. The summed E-state index contributed by atoms with van der Waals surface area (Å²) in [6.45, 7) is 15.2. The molecule has 2 aliphatic rings. The van der Waals surface area contributed by atoms with Crippen LogP contribution in [0.5, 0.6) is 0 Å². The Balaban J connectivity index is 1.50. The van der Waals surface area contributed by atoms with Gasteiger partial charge >= 0.3 is 0 Å². The summed E-state index contributed by atoms with van der Waals surface area (Å²) in [6, 6.07) is 0. The van der Waals surface area contributed by atoms with E-state index in [0.717, 1.165) is 11.8 Å². The Morgan fingerprint density at radius 2 is 1.50 bits per heavy atom. The fourth-order valence-corrected chi connectivity index (χ4v) is 3.85. The minimum atomic E-state index is 0.880. The van der Waals surface area contributed by atoms with Gasteiger partial charge in [0, 0.05) is 32.7 Å². The first-order valence-corrected chi connectivity index (χ1v) is 9.76. The van der Waals surface area contributed by atoms with Gasteiger partial charge in [-0.2, -0.15) is 0 Å². The molecule has 2 rings (SSSR count). The van der Waals surface area contributed by atoms with Crippen LogP contribution in [0, 0.1) is 11.8 Å². The van der Waals surface area contributed by atoms with E-state index in [0.29, 0.717) is 0 Å². The van der Waals surface area contributed by atoms with Gasteiger partial charge < -0.3 is 14.7 Å². The van der Waals surface area contributed by atoms with Gasteiger partial charge in [-0.05, 0) is 57.8 Å². The second kappa shape index (κ2) is 9.89. The Bertz CT molecular complexity index is 276. The lowest BCUT2D eigenvalue weighted by Crippen LogP contribution is -2.47. The predicted octanol–water partition coefficient (Wildman–Crippen LogP) is 3.16. The van der Waals surface area contributed by atoms with Crippen LogP contribution in [0.1, 0.15) is 52.4 Å². The average Bonchev–Trinajstić information content (AvgIpc) is 2.50. The van der Waals surface area contributed by atoms with Crippen LogP contribution >= 0.6 is 0 Å². The number of likely N-dealkylation sites (tertiary alicyclic amines) is 1. The van der Waals surface area contributed by atoms with E-state index in [-0.39, 0.29) is 0 Å². The fraction of sp³-hybridized carbons (Fsp3) is 1.00. The standard InChI is InChI=1S/C19H39N3/c1-18(2)7-5-4-6-10-21-11-8-19(9-12-21)17-22-15-13-20(3)14-16-22/h18-19H,4-17H2,1-3H3. The molecule has 0 atom stereocenters. The van der Waals surface area contributed by atoms with Gasteiger partial charge in [0.05, 0.1) is 0 Å². The Morgan fingerprint density at radius 3 is 2.14 bits per heavy atom. The van der Waals surface area contributed by atoms with Crippen LogP contribution in [-0.4, -0.2) is 74.1 Å². The Kier molecular flexibility index (Phi) is 8.19. The van der Waals surface area contributed by atoms with Crippen LogP contribution in [0.3, 0.4) is 0 Å². The van der Waals surface area contributed by atoms with Gasteiger partial charge in [-0.3, -0.25) is 0 Å². The van der Waals surface area contributed by atoms with Crippen LogP contribution < -0.4 is 0 Å². The summed E-state index contributed by atoms with van der Waals surface area (Å²) >= 11 is 0. The molecule has 0 aromatic heterocycles. The van der Waals surface area contributed by atoms with Crippen LogP contribution in [0.15, 0.2) is 0 Å².